The van der Waals surface area contributed by atoms with Gasteiger partial charge in [0.1, 0.15) is 0 Å². The van der Waals surface area contributed by atoms with E-state index in [0.717, 1.165) is 11.1 Å². The van der Waals surface area contributed by atoms with Crippen molar-refractivity contribution in [2.75, 3.05) is 5.32 Å². The van der Waals surface area contributed by atoms with Crippen LogP contribution in [0.1, 0.15) is 21.5 Å². The topological polar surface area (TPSA) is 66.4 Å². The molecule has 0 spiro atoms. The second-order valence-electron chi connectivity index (χ2n) is 4.74. The molecule has 4 nitrogen and oxygen atoms in total. The van der Waals surface area contributed by atoms with Crippen LogP contribution in [0.4, 0.5) is 5.69 Å². The molecule has 5 heteroatoms. The fraction of sp³-hybridized carbons (Fsp3) is 0.125. The first-order chi connectivity index (χ1) is 9.94. The molecule has 0 saturated heterocycles. The molecule has 21 heavy (non-hydrogen) atoms. The highest BCUT2D eigenvalue weighted by molar-refractivity contribution is 9.10. The quantitative estimate of drug-likeness (QED) is 0.887. The Morgan fingerprint density at radius 2 is 1.81 bits per heavy atom. The fourth-order valence-corrected chi connectivity index (χ4v) is 2.38. The lowest BCUT2D eigenvalue weighted by Crippen LogP contribution is -2.14. The van der Waals surface area contributed by atoms with Crippen LogP contribution < -0.4 is 5.32 Å². The van der Waals surface area contributed by atoms with Gasteiger partial charge in [-0.25, -0.2) is 4.79 Å². The first kappa shape index (κ1) is 15.3. The van der Waals surface area contributed by atoms with Gasteiger partial charge in [0.15, 0.2) is 0 Å². The molecule has 0 saturated carbocycles. The molecular weight excluding hydrogens is 334 g/mol. The van der Waals surface area contributed by atoms with Crippen molar-refractivity contribution in [3.8, 4) is 0 Å². The predicted octanol–water partition coefficient (Wildman–Crippen LogP) is 3.64. The van der Waals surface area contributed by atoms with Gasteiger partial charge in [0.05, 0.1) is 12.0 Å². The number of nitrogens with one attached hydrogen (secondary N) is 1. The molecule has 2 N–H and O–H groups in total. The van der Waals surface area contributed by atoms with Crippen LogP contribution in [0.25, 0.3) is 0 Å². The van der Waals surface area contributed by atoms with Gasteiger partial charge in [-0.3, -0.25) is 4.79 Å². The summed E-state index contributed by atoms with van der Waals surface area (Å²) in [7, 11) is 0. The Labute approximate surface area is 130 Å². The number of anilines is 1. The van der Waals surface area contributed by atoms with E-state index in [0.29, 0.717) is 10.2 Å². The highest BCUT2D eigenvalue weighted by Gasteiger charge is 2.09. The summed E-state index contributed by atoms with van der Waals surface area (Å²) in [6.07, 6.45) is 0.245. The van der Waals surface area contributed by atoms with Crippen molar-refractivity contribution in [1.29, 1.82) is 0 Å². The molecule has 2 rings (SSSR count). The third-order valence-electron chi connectivity index (χ3n) is 2.91. The fourth-order valence-electron chi connectivity index (χ4n) is 1.88. The summed E-state index contributed by atoms with van der Waals surface area (Å²) in [5.41, 5.74) is 2.62. The molecule has 2 aromatic carbocycles. The highest BCUT2D eigenvalue weighted by Crippen LogP contribution is 2.20. The minimum atomic E-state index is -1.04. The number of hydrogen-bond donors (Lipinski definition) is 2. The van der Waals surface area contributed by atoms with Gasteiger partial charge in [0.25, 0.3) is 0 Å². The second kappa shape index (κ2) is 6.54. The molecule has 0 atom stereocenters. The Kier molecular flexibility index (Phi) is 4.75. The molecule has 0 fully saturated rings. The number of aryl methyl sites for hydroxylation is 1. The van der Waals surface area contributed by atoms with Gasteiger partial charge >= 0.3 is 5.97 Å². The first-order valence-corrected chi connectivity index (χ1v) is 7.12. The summed E-state index contributed by atoms with van der Waals surface area (Å²) >= 11 is 3.23. The van der Waals surface area contributed by atoms with Crippen LogP contribution in [0, 0.1) is 6.92 Å². The normalized spacial score (nSPS) is 10.2. The number of amides is 1. The molecule has 0 aliphatic rings. The molecule has 0 radical (unpaired) electrons. The van der Waals surface area contributed by atoms with Crippen molar-refractivity contribution in [2.24, 2.45) is 0 Å². The Bertz CT molecular complexity index is 680. The predicted molar refractivity (Wildman–Crippen MR) is 84.6 cm³/mol. The van der Waals surface area contributed by atoms with E-state index in [4.69, 9.17) is 5.11 Å². The maximum atomic E-state index is 12.0. The van der Waals surface area contributed by atoms with Crippen molar-refractivity contribution >= 4 is 33.5 Å². The number of carbonyl (C=O) groups excluding carboxylic acids is 1. The van der Waals surface area contributed by atoms with E-state index in [-0.39, 0.29) is 17.9 Å². The minimum absolute atomic E-state index is 0.120. The lowest BCUT2D eigenvalue weighted by molar-refractivity contribution is -0.115. The van der Waals surface area contributed by atoms with Crippen LogP contribution >= 0.6 is 15.9 Å². The molecule has 1 amide bonds. The maximum absolute atomic E-state index is 12.0. The molecule has 0 bridgehead atoms. The smallest absolute Gasteiger partial charge is 0.335 e. The number of hydrogen-bond acceptors (Lipinski definition) is 2. The van der Waals surface area contributed by atoms with Crippen molar-refractivity contribution < 1.29 is 14.7 Å². The number of halogens is 1. The van der Waals surface area contributed by atoms with Gasteiger partial charge in [0, 0.05) is 10.2 Å². The van der Waals surface area contributed by atoms with E-state index in [1.807, 2.05) is 31.2 Å². The van der Waals surface area contributed by atoms with Crippen LogP contribution in [0.15, 0.2) is 46.9 Å². The zero-order valence-electron chi connectivity index (χ0n) is 11.4. The van der Waals surface area contributed by atoms with Gasteiger partial charge < -0.3 is 10.4 Å². The van der Waals surface area contributed by atoms with E-state index in [1.165, 1.54) is 12.1 Å². The van der Waals surface area contributed by atoms with Crippen LogP contribution in [-0.2, 0) is 11.2 Å². The van der Waals surface area contributed by atoms with Crippen molar-refractivity contribution in [2.45, 2.75) is 13.3 Å². The van der Waals surface area contributed by atoms with Crippen LogP contribution in [0.5, 0.6) is 0 Å². The summed E-state index contributed by atoms with van der Waals surface area (Å²) in [5, 5.41) is 11.7. The van der Waals surface area contributed by atoms with Crippen molar-refractivity contribution in [1.82, 2.24) is 0 Å². The minimum Gasteiger partial charge on any atom is -0.478 e. The SMILES string of the molecule is Cc1ccc(CC(=O)Nc2cc(Br)cc(C(=O)O)c2)cc1. The molecule has 0 unspecified atom stereocenters. The summed E-state index contributed by atoms with van der Waals surface area (Å²) in [4.78, 5) is 23.0. The van der Waals surface area contributed by atoms with Gasteiger partial charge in [-0.15, -0.1) is 0 Å². The second-order valence-corrected chi connectivity index (χ2v) is 5.66. The Balaban J connectivity index is 2.09. The van der Waals surface area contributed by atoms with E-state index >= 15 is 0 Å². The van der Waals surface area contributed by atoms with Gasteiger partial charge in [0.2, 0.25) is 5.91 Å². The van der Waals surface area contributed by atoms with Crippen molar-refractivity contribution in [3.05, 3.63) is 63.6 Å². The first-order valence-electron chi connectivity index (χ1n) is 6.33. The van der Waals surface area contributed by atoms with Crippen LogP contribution in [0.3, 0.4) is 0 Å². The molecule has 0 aliphatic carbocycles. The summed E-state index contributed by atoms with van der Waals surface area (Å²) in [6.45, 7) is 1.98. The Morgan fingerprint density at radius 1 is 1.14 bits per heavy atom. The zero-order chi connectivity index (χ0) is 15.4. The third kappa shape index (κ3) is 4.43. The van der Waals surface area contributed by atoms with Gasteiger partial charge in [-0.05, 0) is 30.7 Å². The average molecular weight is 348 g/mol. The Morgan fingerprint density at radius 3 is 2.43 bits per heavy atom. The number of benzene rings is 2. The van der Waals surface area contributed by atoms with Crippen molar-refractivity contribution in [3.63, 3.8) is 0 Å². The summed E-state index contributed by atoms with van der Waals surface area (Å²) in [5.74, 6) is -1.22. The maximum Gasteiger partial charge on any atom is 0.335 e. The van der Waals surface area contributed by atoms with E-state index in [9.17, 15) is 9.59 Å². The molecule has 0 aliphatic heterocycles. The molecule has 0 aromatic heterocycles. The average Bonchev–Trinajstić information content (AvgIpc) is 2.40. The number of carboxylic acids is 1. The number of carbonyl (C=O) groups is 2. The number of aromatic carboxylic acids is 1. The Hall–Kier alpha value is -2.14. The summed E-state index contributed by atoms with van der Waals surface area (Å²) in [6, 6.07) is 12.3. The zero-order valence-corrected chi connectivity index (χ0v) is 13.0. The molecular formula is C16H14BrNO3. The van der Waals surface area contributed by atoms with Crippen LogP contribution in [0.2, 0.25) is 0 Å². The van der Waals surface area contributed by atoms with E-state index in [1.54, 1.807) is 6.07 Å². The molecule has 0 heterocycles. The summed E-state index contributed by atoms with van der Waals surface area (Å²) < 4.78 is 0.605. The van der Waals surface area contributed by atoms with E-state index in [2.05, 4.69) is 21.2 Å². The molecule has 2 aromatic rings. The van der Waals surface area contributed by atoms with Crippen LogP contribution in [-0.4, -0.2) is 17.0 Å². The third-order valence-corrected chi connectivity index (χ3v) is 3.37. The monoisotopic (exact) mass is 347 g/mol. The van der Waals surface area contributed by atoms with Gasteiger partial charge in [-0.1, -0.05) is 45.8 Å². The largest absolute Gasteiger partial charge is 0.478 e. The van der Waals surface area contributed by atoms with E-state index < -0.39 is 5.97 Å². The number of rotatable bonds is 4. The lowest BCUT2D eigenvalue weighted by Gasteiger charge is -2.07. The molecule has 108 valence electrons. The lowest BCUT2D eigenvalue weighted by atomic mass is 10.1. The number of carboxylic acid groups (broad SMARTS) is 1. The van der Waals surface area contributed by atoms with Gasteiger partial charge in [-0.2, -0.15) is 0 Å². The highest BCUT2D eigenvalue weighted by atomic mass is 79.9. The standard InChI is InChI=1S/C16H14BrNO3/c1-10-2-4-11(5-3-10)6-15(19)18-14-8-12(16(20)21)7-13(17)9-14/h2-5,7-9H,6H2,1H3,(H,18,19)(H,20,21).